The van der Waals surface area contributed by atoms with Crippen molar-refractivity contribution in [3.8, 4) is 0 Å². The van der Waals surface area contributed by atoms with E-state index in [1.165, 1.54) is 12.3 Å². The third kappa shape index (κ3) is 2.83. The molecule has 1 amide bonds. The second-order valence-electron chi connectivity index (χ2n) is 5.10. The van der Waals surface area contributed by atoms with Crippen molar-refractivity contribution in [1.29, 1.82) is 0 Å². The molecule has 2 aliphatic heterocycles. The smallest absolute Gasteiger partial charge is 0.332 e. The van der Waals surface area contributed by atoms with Crippen molar-refractivity contribution < 1.29 is 14.3 Å². The zero-order valence-electron chi connectivity index (χ0n) is 12.4. The number of rotatable bonds is 0. The highest BCUT2D eigenvalue weighted by molar-refractivity contribution is 6.14. The predicted molar refractivity (Wildman–Crippen MR) is 88.8 cm³/mol. The molecule has 0 radical (unpaired) electrons. The highest BCUT2D eigenvalue weighted by atomic mass is 16.6. The van der Waals surface area contributed by atoms with Crippen LogP contribution in [0.4, 0.5) is 0 Å². The van der Waals surface area contributed by atoms with Crippen molar-refractivity contribution in [1.82, 2.24) is 0 Å². The van der Waals surface area contributed by atoms with Crippen molar-refractivity contribution in [3.05, 3.63) is 84.1 Å². The number of hydrogen-bond acceptors (Lipinski definition) is 3. The first-order valence-corrected chi connectivity index (χ1v) is 7.31. The molecule has 0 saturated heterocycles. The average Bonchev–Trinajstić information content (AvgIpc) is 2.86. The molecule has 0 bridgehead atoms. The molecule has 114 valence electrons. The summed E-state index contributed by atoms with van der Waals surface area (Å²) >= 11 is 0. The van der Waals surface area contributed by atoms with Crippen LogP contribution in [0.15, 0.2) is 89.1 Å². The van der Waals surface area contributed by atoms with Gasteiger partial charge in [0.2, 0.25) is 5.60 Å². The lowest BCUT2D eigenvalue weighted by Crippen LogP contribution is -2.43. The van der Waals surface area contributed by atoms with Crippen LogP contribution in [0.1, 0.15) is 6.42 Å². The summed E-state index contributed by atoms with van der Waals surface area (Å²) < 4.78 is 5.56. The number of aliphatic imine (C=N–C) groups is 1. The van der Waals surface area contributed by atoms with Crippen molar-refractivity contribution in [2.75, 3.05) is 0 Å². The third-order valence-electron chi connectivity index (χ3n) is 3.62. The van der Waals surface area contributed by atoms with E-state index in [2.05, 4.69) is 4.99 Å². The Bertz CT molecular complexity index is 772. The molecule has 0 aromatic carbocycles. The van der Waals surface area contributed by atoms with Crippen LogP contribution in [0.2, 0.25) is 0 Å². The molecule has 4 nitrogen and oxygen atoms in total. The van der Waals surface area contributed by atoms with E-state index in [4.69, 9.17) is 4.74 Å². The Morgan fingerprint density at radius 3 is 2.57 bits per heavy atom. The summed E-state index contributed by atoms with van der Waals surface area (Å²) in [6, 6.07) is 0. The topological polar surface area (TPSA) is 55.7 Å². The fraction of sp³-hybridized carbons (Fsp3) is 0.105. The van der Waals surface area contributed by atoms with Gasteiger partial charge >= 0.3 is 5.97 Å². The number of nitrogens with zero attached hydrogens (tertiary/aromatic N) is 1. The minimum Gasteiger partial charge on any atom is -0.436 e. The number of amides is 1. The lowest BCUT2D eigenvalue weighted by molar-refractivity contribution is -0.153. The van der Waals surface area contributed by atoms with Gasteiger partial charge in [0.25, 0.3) is 5.91 Å². The van der Waals surface area contributed by atoms with Gasteiger partial charge in [0, 0.05) is 23.4 Å². The first-order valence-electron chi connectivity index (χ1n) is 7.31. The van der Waals surface area contributed by atoms with Crippen molar-refractivity contribution in [2.24, 2.45) is 4.99 Å². The summed E-state index contributed by atoms with van der Waals surface area (Å²) in [7, 11) is 0. The minimum atomic E-state index is -1.47. The summed E-state index contributed by atoms with van der Waals surface area (Å²) in [5.74, 6) is -1.06. The monoisotopic (exact) mass is 305 g/mol. The maximum absolute atomic E-state index is 12.4. The zero-order chi connectivity index (χ0) is 16.1. The second-order valence-corrected chi connectivity index (χ2v) is 5.10. The Morgan fingerprint density at radius 2 is 1.65 bits per heavy atom. The zero-order valence-corrected chi connectivity index (χ0v) is 12.4. The van der Waals surface area contributed by atoms with Crippen molar-refractivity contribution in [3.63, 3.8) is 0 Å². The molecule has 2 heterocycles. The van der Waals surface area contributed by atoms with Gasteiger partial charge in [-0.15, -0.1) is 0 Å². The van der Waals surface area contributed by atoms with E-state index in [-0.39, 0.29) is 0 Å². The molecule has 1 spiro atoms. The summed E-state index contributed by atoms with van der Waals surface area (Å²) in [4.78, 5) is 28.4. The van der Waals surface area contributed by atoms with Crippen LogP contribution < -0.4 is 0 Å². The number of allylic oxidation sites excluding steroid dienone is 10. The molecule has 0 fully saturated rings. The summed E-state index contributed by atoms with van der Waals surface area (Å²) in [5.41, 5.74) is -0.324. The fourth-order valence-corrected chi connectivity index (χ4v) is 2.53. The van der Waals surface area contributed by atoms with Crippen LogP contribution >= 0.6 is 0 Å². The van der Waals surface area contributed by atoms with E-state index in [0.717, 1.165) is 0 Å². The van der Waals surface area contributed by atoms with Gasteiger partial charge in [-0.1, -0.05) is 66.8 Å². The maximum Gasteiger partial charge on any atom is 0.332 e. The third-order valence-corrected chi connectivity index (χ3v) is 3.62. The van der Waals surface area contributed by atoms with Crippen LogP contribution in [-0.2, 0) is 14.3 Å². The number of ether oxygens (including phenoxy) is 1. The van der Waals surface area contributed by atoms with Gasteiger partial charge in [0.05, 0.1) is 0 Å². The molecule has 0 N–H and O–H groups in total. The fourth-order valence-electron chi connectivity index (χ4n) is 2.53. The summed E-state index contributed by atoms with van der Waals surface area (Å²) in [5, 5.41) is 0. The van der Waals surface area contributed by atoms with Crippen LogP contribution in [-0.4, -0.2) is 23.7 Å². The minimum absolute atomic E-state index is 0.489. The highest BCUT2D eigenvalue weighted by Gasteiger charge is 2.51. The van der Waals surface area contributed by atoms with Gasteiger partial charge in [-0.3, -0.25) is 4.79 Å². The standard InChI is InChI=1S/C19H15NO3/c21-17-13-8-6-4-2-1-3-5-7-10-15-11-9-12-16-14-20-18(22)19(15,16)23-17/h1-5,7-14H,6H2. The van der Waals surface area contributed by atoms with Crippen LogP contribution in [0.25, 0.3) is 0 Å². The Morgan fingerprint density at radius 1 is 0.870 bits per heavy atom. The van der Waals surface area contributed by atoms with E-state index in [9.17, 15) is 9.59 Å². The van der Waals surface area contributed by atoms with Gasteiger partial charge in [-0.25, -0.2) is 9.79 Å². The molecule has 3 rings (SSSR count). The van der Waals surface area contributed by atoms with Gasteiger partial charge < -0.3 is 4.74 Å². The maximum atomic E-state index is 12.4. The molecule has 3 aliphatic rings. The van der Waals surface area contributed by atoms with Gasteiger partial charge in [0.15, 0.2) is 0 Å². The van der Waals surface area contributed by atoms with E-state index >= 15 is 0 Å². The Balaban J connectivity index is 2.07. The normalized spacial score (nSPS) is 26.3. The lowest BCUT2D eigenvalue weighted by atomic mass is 9.83. The SMILES string of the molecule is O=C1C=CCC=CC=CC=CC=C2C=CC=C3C=NC(=O)C23O1. The molecule has 1 unspecified atom stereocenters. The highest BCUT2D eigenvalue weighted by Crippen LogP contribution is 2.38. The van der Waals surface area contributed by atoms with Gasteiger partial charge in [0.1, 0.15) is 0 Å². The van der Waals surface area contributed by atoms with E-state index in [0.29, 0.717) is 17.6 Å². The Labute approximate surface area is 134 Å². The first-order chi connectivity index (χ1) is 11.2. The average molecular weight is 305 g/mol. The molecule has 0 saturated carbocycles. The molecule has 0 aromatic heterocycles. The molecule has 4 heteroatoms. The number of esters is 1. The Kier molecular flexibility index (Phi) is 4.15. The molecule has 1 atom stereocenters. The van der Waals surface area contributed by atoms with Crippen LogP contribution in [0.5, 0.6) is 0 Å². The van der Waals surface area contributed by atoms with Gasteiger partial charge in [-0.2, -0.15) is 0 Å². The second kappa shape index (κ2) is 6.40. The van der Waals surface area contributed by atoms with Crippen molar-refractivity contribution in [2.45, 2.75) is 12.0 Å². The lowest BCUT2D eigenvalue weighted by Gasteiger charge is -2.30. The van der Waals surface area contributed by atoms with Crippen LogP contribution in [0.3, 0.4) is 0 Å². The molecular formula is C19H15NO3. The van der Waals surface area contributed by atoms with E-state index in [1.807, 2.05) is 36.5 Å². The molecular weight excluding hydrogens is 290 g/mol. The predicted octanol–water partition coefficient (Wildman–Crippen LogP) is 2.93. The number of hydrogen-bond donors (Lipinski definition) is 0. The quantitative estimate of drug-likeness (QED) is 0.647. The largest absolute Gasteiger partial charge is 0.436 e. The number of carbonyl (C=O) groups excluding carboxylic acids is 2. The van der Waals surface area contributed by atoms with Crippen molar-refractivity contribution >= 4 is 18.1 Å². The van der Waals surface area contributed by atoms with Gasteiger partial charge in [-0.05, 0) is 6.42 Å². The van der Waals surface area contributed by atoms with E-state index in [1.54, 1.807) is 30.4 Å². The number of carbonyl (C=O) groups is 2. The summed E-state index contributed by atoms with van der Waals surface area (Å²) in [6.07, 6.45) is 23.4. The van der Waals surface area contributed by atoms with Crippen LogP contribution in [0, 0.1) is 0 Å². The Hall–Kier alpha value is -3.01. The first kappa shape index (κ1) is 14.9. The summed E-state index contributed by atoms with van der Waals surface area (Å²) in [6.45, 7) is 0. The molecule has 1 aliphatic carbocycles. The van der Waals surface area contributed by atoms with E-state index < -0.39 is 17.5 Å². The molecule has 23 heavy (non-hydrogen) atoms. The molecule has 0 aromatic rings.